The molecule has 4 aromatic carbocycles. The van der Waals surface area contributed by atoms with Crippen LogP contribution in [0.2, 0.25) is 0 Å². The number of hydrogen-bond donors (Lipinski definition) is 2. The molecule has 2 aliphatic heterocycles. The van der Waals surface area contributed by atoms with Crippen molar-refractivity contribution in [2.24, 2.45) is 0 Å². The predicted octanol–water partition coefficient (Wildman–Crippen LogP) is 6.00. The first kappa shape index (κ1) is 32.5. The van der Waals surface area contributed by atoms with E-state index in [0.717, 1.165) is 40.0 Å². The number of amides is 3. The molecule has 9 nitrogen and oxygen atoms in total. The van der Waals surface area contributed by atoms with Crippen LogP contribution < -0.4 is 14.8 Å². The van der Waals surface area contributed by atoms with Crippen LogP contribution in [0.25, 0.3) is 11.1 Å². The number of carbonyl (C=O) groups excluding carboxylic acids is 3. The zero-order chi connectivity index (χ0) is 33.5. The van der Waals surface area contributed by atoms with Gasteiger partial charge in [-0.15, -0.1) is 0 Å². The van der Waals surface area contributed by atoms with Gasteiger partial charge in [0.25, 0.3) is 5.91 Å². The maximum atomic E-state index is 12.9. The fourth-order valence-electron chi connectivity index (χ4n) is 6.21. The molecule has 0 bridgehead atoms. The largest absolute Gasteiger partial charge is 0.508 e. The van der Waals surface area contributed by atoms with Crippen molar-refractivity contribution in [2.75, 3.05) is 26.4 Å². The number of carbonyl (C=O) groups is 3. The molecule has 1 atom stereocenters. The van der Waals surface area contributed by atoms with E-state index in [1.165, 1.54) is 10.5 Å². The molecule has 0 saturated carbocycles. The van der Waals surface area contributed by atoms with Crippen molar-refractivity contribution in [3.05, 3.63) is 125 Å². The minimum absolute atomic E-state index is 0.212. The number of aromatic hydroxyl groups is 1. The first-order valence-corrected chi connectivity index (χ1v) is 16.2. The molecular weight excluding hydrogens is 608 g/mol. The van der Waals surface area contributed by atoms with E-state index < -0.39 is 11.9 Å². The molecule has 9 heteroatoms. The number of imide groups is 1. The molecule has 2 N–H and O–H groups in total. The maximum Gasteiger partial charge on any atom is 0.255 e. The van der Waals surface area contributed by atoms with E-state index in [0.29, 0.717) is 50.7 Å². The Morgan fingerprint density at radius 3 is 2.10 bits per heavy atom. The highest BCUT2D eigenvalue weighted by atomic mass is 16.5. The van der Waals surface area contributed by atoms with Gasteiger partial charge in [0.05, 0.1) is 13.2 Å². The van der Waals surface area contributed by atoms with E-state index in [2.05, 4.69) is 36.5 Å². The molecule has 2 aliphatic rings. The van der Waals surface area contributed by atoms with E-state index in [-0.39, 0.29) is 24.0 Å². The third kappa shape index (κ3) is 7.42. The molecule has 48 heavy (non-hydrogen) atoms. The second-order valence-corrected chi connectivity index (χ2v) is 11.7. The summed E-state index contributed by atoms with van der Waals surface area (Å²) in [5.41, 5.74) is 6.91. The van der Waals surface area contributed by atoms with Crippen molar-refractivity contribution in [1.82, 2.24) is 10.2 Å². The Bertz CT molecular complexity index is 1800. The highest BCUT2D eigenvalue weighted by molar-refractivity contribution is 6.05. The number of fused-ring (bicyclic) bond motifs is 1. The van der Waals surface area contributed by atoms with Crippen molar-refractivity contribution in [2.45, 2.75) is 38.8 Å². The smallest absolute Gasteiger partial charge is 0.255 e. The normalized spacial score (nSPS) is 16.3. The molecule has 3 amide bonds. The number of nitrogens with zero attached hydrogens (tertiary/aromatic N) is 1. The number of phenolic OH excluding ortho intramolecular Hbond substituents is 1. The number of phenols is 1. The lowest BCUT2D eigenvalue weighted by Gasteiger charge is -2.29. The number of ether oxygens (including phenoxy) is 3. The van der Waals surface area contributed by atoms with Crippen LogP contribution in [0.5, 0.6) is 17.2 Å². The Labute approximate surface area is 279 Å². The van der Waals surface area contributed by atoms with Crippen LogP contribution in [0.1, 0.15) is 58.8 Å². The molecule has 1 unspecified atom stereocenters. The zero-order valence-electron chi connectivity index (χ0n) is 26.8. The Hall–Kier alpha value is -5.41. The zero-order valence-corrected chi connectivity index (χ0v) is 26.8. The molecule has 0 spiro atoms. The minimum Gasteiger partial charge on any atom is -0.508 e. The topological polar surface area (TPSA) is 114 Å². The number of benzene rings is 4. The minimum atomic E-state index is -0.645. The fourth-order valence-corrected chi connectivity index (χ4v) is 6.21. The van der Waals surface area contributed by atoms with E-state index in [1.807, 2.05) is 48.5 Å². The molecular formula is C39H38N2O7. The summed E-state index contributed by atoms with van der Waals surface area (Å²) in [6, 6.07) is 30.3. The Balaban J connectivity index is 0.981. The Kier molecular flexibility index (Phi) is 10.2. The molecule has 0 radical (unpaired) electrons. The number of nitrogens with one attached hydrogen (secondary N) is 1. The van der Waals surface area contributed by atoms with Crippen LogP contribution in [0, 0.1) is 0 Å². The average molecular weight is 647 g/mol. The second-order valence-electron chi connectivity index (χ2n) is 11.7. The van der Waals surface area contributed by atoms with Crippen molar-refractivity contribution >= 4 is 28.9 Å². The third-order valence-electron chi connectivity index (χ3n) is 8.56. The van der Waals surface area contributed by atoms with Gasteiger partial charge in [0, 0.05) is 18.5 Å². The highest BCUT2D eigenvalue weighted by Crippen LogP contribution is 2.36. The quantitative estimate of drug-likeness (QED) is 0.104. The summed E-state index contributed by atoms with van der Waals surface area (Å²) in [4.78, 5) is 38.2. The molecule has 0 aliphatic carbocycles. The molecule has 1 fully saturated rings. The lowest BCUT2D eigenvalue weighted by molar-refractivity contribution is -0.136. The van der Waals surface area contributed by atoms with Crippen LogP contribution >= 0.6 is 0 Å². The first-order valence-electron chi connectivity index (χ1n) is 16.2. The third-order valence-corrected chi connectivity index (χ3v) is 8.56. The van der Waals surface area contributed by atoms with Gasteiger partial charge in [-0.2, -0.15) is 0 Å². The Morgan fingerprint density at radius 2 is 1.44 bits per heavy atom. The predicted molar refractivity (Wildman–Crippen MR) is 181 cm³/mol. The average Bonchev–Trinajstić information content (AvgIpc) is 3.43. The summed E-state index contributed by atoms with van der Waals surface area (Å²) >= 11 is 0. The molecule has 6 rings (SSSR count). The van der Waals surface area contributed by atoms with Crippen molar-refractivity contribution in [1.29, 1.82) is 0 Å². The summed E-state index contributed by atoms with van der Waals surface area (Å²) < 4.78 is 17.5. The molecule has 4 aromatic rings. The van der Waals surface area contributed by atoms with Gasteiger partial charge in [0.15, 0.2) is 0 Å². The monoisotopic (exact) mass is 646 g/mol. The van der Waals surface area contributed by atoms with Gasteiger partial charge in [-0.05, 0) is 88.7 Å². The van der Waals surface area contributed by atoms with Crippen LogP contribution in [-0.2, 0) is 20.9 Å². The van der Waals surface area contributed by atoms with Crippen LogP contribution in [0.15, 0.2) is 97.1 Å². The summed E-state index contributed by atoms with van der Waals surface area (Å²) in [5.74, 6) is 0.637. The van der Waals surface area contributed by atoms with Gasteiger partial charge in [-0.25, -0.2) is 0 Å². The van der Waals surface area contributed by atoms with E-state index in [4.69, 9.17) is 14.2 Å². The van der Waals surface area contributed by atoms with Gasteiger partial charge in [0.1, 0.15) is 36.5 Å². The lowest BCUT2D eigenvalue weighted by atomic mass is 9.88. The van der Waals surface area contributed by atoms with Crippen molar-refractivity contribution in [3.63, 3.8) is 0 Å². The van der Waals surface area contributed by atoms with E-state index in [1.54, 1.807) is 24.3 Å². The fraction of sp³-hybridized carbons (Fsp3) is 0.256. The van der Waals surface area contributed by atoms with Gasteiger partial charge in [0.2, 0.25) is 11.8 Å². The van der Waals surface area contributed by atoms with Crippen molar-refractivity contribution in [3.8, 4) is 17.2 Å². The summed E-state index contributed by atoms with van der Waals surface area (Å²) in [6.07, 6.45) is 1.39. The van der Waals surface area contributed by atoms with Gasteiger partial charge in [-0.3, -0.25) is 19.7 Å². The summed E-state index contributed by atoms with van der Waals surface area (Å²) in [5, 5.41) is 12.2. The summed E-state index contributed by atoms with van der Waals surface area (Å²) in [6.45, 7) is 3.90. The first-order chi connectivity index (χ1) is 23.4. The number of allylic oxidation sites excluding steroid dienone is 1. The maximum absolute atomic E-state index is 12.9. The van der Waals surface area contributed by atoms with Gasteiger partial charge in [-0.1, -0.05) is 61.5 Å². The van der Waals surface area contributed by atoms with Gasteiger partial charge < -0.3 is 24.2 Å². The Morgan fingerprint density at radius 1 is 0.792 bits per heavy atom. The van der Waals surface area contributed by atoms with Gasteiger partial charge >= 0.3 is 0 Å². The van der Waals surface area contributed by atoms with Crippen LogP contribution in [0.3, 0.4) is 0 Å². The standard InChI is InChI=1S/C39H38N2O7/c1-2-33(26-6-4-3-5-7-26)37(27-8-12-30(42)13-9-27)28-10-14-31(15-11-28)47-22-20-46-21-23-48-32-16-17-34-29(24-32)25-41(39(34)45)35-18-19-36(43)40-38(35)44/h3-17,24,35,42H,2,18-23,25H2,1H3,(H,40,43,44). The number of hydrogen-bond acceptors (Lipinski definition) is 7. The molecule has 1 saturated heterocycles. The second kappa shape index (κ2) is 15.0. The van der Waals surface area contributed by atoms with E-state index in [9.17, 15) is 19.5 Å². The summed E-state index contributed by atoms with van der Waals surface area (Å²) in [7, 11) is 0. The van der Waals surface area contributed by atoms with E-state index >= 15 is 0 Å². The SMILES string of the molecule is CCC(=C(c1ccc(O)cc1)c1ccc(OCCOCCOc2ccc3c(c2)CN(C2CCC(=O)NC2=O)C3=O)cc1)c1ccccc1. The molecule has 0 aromatic heterocycles. The van der Waals surface area contributed by atoms with Crippen LogP contribution in [-0.4, -0.2) is 60.2 Å². The number of piperidine rings is 1. The van der Waals surface area contributed by atoms with Crippen LogP contribution in [0.4, 0.5) is 0 Å². The van der Waals surface area contributed by atoms with Crippen molar-refractivity contribution < 1.29 is 33.7 Å². The highest BCUT2D eigenvalue weighted by Gasteiger charge is 2.39. The lowest BCUT2D eigenvalue weighted by Crippen LogP contribution is -2.52. The molecule has 2 heterocycles. The number of rotatable bonds is 13. The molecule has 246 valence electrons.